The third kappa shape index (κ3) is 32.5. The Hall–Kier alpha value is -8.53. The number of nitrogen functional groups attached to an aromatic ring is 2. The summed E-state index contributed by atoms with van der Waals surface area (Å²) in [6, 6.07) is 11.0. The molecule has 136 heavy (non-hydrogen) atoms. The van der Waals surface area contributed by atoms with E-state index in [1.165, 1.54) is 23.9 Å². The SMILES string of the molecule is CCOCCOCCOCCC(=O)CC1CCN(CC(=O)N2CCc3cc(Cn4nc(-c5ccc6oc(N)nc6c5)c5c(N)ncnc54)ccc3C2)CC1.CCOCCOCCOCCCC(=O)COCN=C1[C@H](C)C[C@H](C)/C=C/C=C/C=C(\C)[C@@H](OC)C[C@@H]2CC[C@@H](C)[C@@](O)(O2)C(=O)C(=O)N2CCCC[C@H]2C(=O)O[C@H]([C@H](C)C[C@@H]2CC[C@@H](O)[C@H](OC)C2)C[C@@H](O)[C@H](C)/C=C(\C)[C@@H](O)[C@H]1OC. The van der Waals surface area contributed by atoms with Crippen LogP contribution in [0, 0.1) is 41.4 Å². The van der Waals surface area contributed by atoms with Crippen LogP contribution < -0.4 is 11.5 Å². The van der Waals surface area contributed by atoms with Crippen LogP contribution in [-0.4, -0.2) is 308 Å². The summed E-state index contributed by atoms with van der Waals surface area (Å²) >= 11 is 0. The Labute approximate surface area is 801 Å². The number of esters is 1. The zero-order chi connectivity index (χ0) is 97.8. The molecular weight excluding hydrogens is 1750 g/mol. The molecule has 34 heteroatoms. The number of aliphatic hydroxyl groups is 4. The molecule has 3 aromatic heterocycles. The second kappa shape index (κ2) is 56.1. The molecule has 0 radical (unpaired) electrons. The van der Waals surface area contributed by atoms with Crippen LogP contribution in [0.2, 0.25) is 0 Å². The summed E-state index contributed by atoms with van der Waals surface area (Å²) in [5.74, 6) is -5.93. The minimum Gasteiger partial charge on any atom is -0.460 e. The summed E-state index contributed by atoms with van der Waals surface area (Å²) in [6.45, 7) is 26.9. The summed E-state index contributed by atoms with van der Waals surface area (Å²) < 4.78 is 75.9. The van der Waals surface area contributed by atoms with Gasteiger partial charge in [-0.15, -0.1) is 0 Å². The van der Waals surface area contributed by atoms with Gasteiger partial charge in [0.05, 0.1) is 108 Å². The van der Waals surface area contributed by atoms with Gasteiger partial charge < -0.3 is 103 Å². The maximum Gasteiger partial charge on any atom is 0.329 e. The molecule has 0 unspecified atom stereocenters. The van der Waals surface area contributed by atoms with Crippen molar-refractivity contribution in [2.45, 2.75) is 258 Å². The Balaban J connectivity index is 0.000000304. The fourth-order valence-electron chi connectivity index (χ4n) is 19.2. The fraction of sp³-hybridized carbons (Fsp3) is 0.676. The van der Waals surface area contributed by atoms with E-state index in [-0.39, 0.29) is 92.4 Å². The molecule has 6 aliphatic rings. The van der Waals surface area contributed by atoms with Gasteiger partial charge in [0.2, 0.25) is 11.7 Å². The first-order chi connectivity index (χ1) is 65.5. The van der Waals surface area contributed by atoms with Crippen LogP contribution in [-0.2, 0) is 105 Å². The number of rotatable bonds is 38. The second-order valence-electron chi connectivity index (χ2n) is 37.5. The molecule has 4 fully saturated rings. The number of anilines is 2. The molecule has 8 N–H and O–H groups in total. The number of nitrogens with zero attached hydrogens (tertiary/aromatic N) is 9. The highest BCUT2D eigenvalue weighted by Crippen LogP contribution is 2.40. The number of allylic oxidation sites excluding steroid dienone is 5. The number of piperidine rings is 2. The molecule has 2 amide bonds. The molecule has 34 nitrogen and oxygen atoms in total. The monoisotopic (exact) mass is 1900 g/mol. The number of Topliss-reactive ketones (excluding diaryl/α,β-unsaturated/α-hetero) is 3. The quantitative estimate of drug-likeness (QED) is 0.00925. The zero-order valence-corrected chi connectivity index (χ0v) is 82.3. The molecular formula is C102H153N11O23. The first-order valence-corrected chi connectivity index (χ1v) is 49.2. The number of aliphatic hydroxyl groups excluding tert-OH is 3. The number of aliphatic imine (C=N–C) groups is 1. The predicted molar refractivity (Wildman–Crippen MR) is 515 cm³/mol. The fourth-order valence-corrected chi connectivity index (χ4v) is 19.2. The lowest BCUT2D eigenvalue weighted by atomic mass is 9.78. The maximum atomic E-state index is 14.6. The van der Waals surface area contributed by atoms with Gasteiger partial charge >= 0.3 is 5.97 Å². The molecule has 5 aliphatic heterocycles. The Bertz CT molecular complexity index is 4760. The molecule has 16 atom stereocenters. The molecule has 3 saturated heterocycles. The van der Waals surface area contributed by atoms with E-state index in [0.717, 1.165) is 61.0 Å². The van der Waals surface area contributed by atoms with E-state index in [9.17, 15) is 49.2 Å². The van der Waals surface area contributed by atoms with Crippen molar-refractivity contribution in [3.8, 4) is 11.3 Å². The lowest BCUT2D eigenvalue weighted by Crippen LogP contribution is -2.61. The number of benzene rings is 2. The number of carbonyl (C=O) groups excluding carboxylic acids is 6. The lowest BCUT2D eigenvalue weighted by molar-refractivity contribution is -0.265. The van der Waals surface area contributed by atoms with Gasteiger partial charge in [0.1, 0.15) is 66.8 Å². The van der Waals surface area contributed by atoms with Gasteiger partial charge in [-0.3, -0.25) is 33.9 Å². The van der Waals surface area contributed by atoms with Crippen LogP contribution in [0.15, 0.2) is 99.7 Å². The highest BCUT2D eigenvalue weighted by Gasteiger charge is 2.53. The highest BCUT2D eigenvalue weighted by atomic mass is 16.6. The van der Waals surface area contributed by atoms with E-state index in [0.29, 0.717) is 233 Å². The third-order valence-corrected chi connectivity index (χ3v) is 27.2. The van der Waals surface area contributed by atoms with Crippen LogP contribution in [0.3, 0.4) is 0 Å². The molecule has 2 bridgehead atoms. The molecule has 8 heterocycles. The molecule has 5 aromatic rings. The zero-order valence-electron chi connectivity index (χ0n) is 82.3. The number of oxazole rings is 1. The first kappa shape index (κ1) is 109. The van der Waals surface area contributed by atoms with Gasteiger partial charge in [-0.05, 0) is 206 Å². The molecule has 11 rings (SSSR count). The molecule has 0 spiro atoms. The minimum atomic E-state index is -2.44. The number of likely N-dealkylation sites (tertiary alicyclic amines) is 1. The normalized spacial score (nSPS) is 27.7. The Morgan fingerprint density at radius 3 is 2.13 bits per heavy atom. The van der Waals surface area contributed by atoms with E-state index in [1.807, 2.05) is 93.6 Å². The van der Waals surface area contributed by atoms with Crippen molar-refractivity contribution in [3.63, 3.8) is 0 Å². The number of amides is 2. The molecule has 754 valence electrons. The molecule has 1 saturated carbocycles. The molecule has 2 aromatic carbocycles. The number of carbonyl (C=O) groups is 6. The lowest BCUT2D eigenvalue weighted by Gasteiger charge is -2.43. The predicted octanol–water partition coefficient (Wildman–Crippen LogP) is 11.1. The van der Waals surface area contributed by atoms with Crippen molar-refractivity contribution in [2.75, 3.05) is 158 Å². The van der Waals surface area contributed by atoms with Crippen LogP contribution in [0.5, 0.6) is 0 Å². The summed E-state index contributed by atoms with van der Waals surface area (Å²) in [5.41, 5.74) is 20.8. The summed E-state index contributed by atoms with van der Waals surface area (Å²) in [4.78, 5) is 105. The maximum absolute atomic E-state index is 14.6. The van der Waals surface area contributed by atoms with Gasteiger partial charge in [0.15, 0.2) is 17.0 Å². The van der Waals surface area contributed by atoms with E-state index >= 15 is 0 Å². The number of nitrogens with two attached hydrogens (primary N) is 2. The average molecular weight is 1900 g/mol. The van der Waals surface area contributed by atoms with Crippen LogP contribution in [0.4, 0.5) is 11.8 Å². The van der Waals surface area contributed by atoms with E-state index in [4.69, 9.17) is 82.8 Å². The largest absolute Gasteiger partial charge is 0.460 e. The number of aromatic nitrogens is 5. The highest BCUT2D eigenvalue weighted by molar-refractivity contribution is 6.39. The topological polar surface area (TPSA) is 438 Å². The smallest absolute Gasteiger partial charge is 0.329 e. The number of ketones is 3. The van der Waals surface area contributed by atoms with Crippen LogP contribution in [0.25, 0.3) is 33.4 Å². The Morgan fingerprint density at radius 2 is 1.42 bits per heavy atom. The Kier molecular flexibility index (Phi) is 45.1. The van der Waals surface area contributed by atoms with E-state index in [1.54, 1.807) is 34.1 Å². The summed E-state index contributed by atoms with van der Waals surface area (Å²) in [7, 11) is 4.67. The summed E-state index contributed by atoms with van der Waals surface area (Å²) in [5, 5.41) is 52.5. The van der Waals surface area contributed by atoms with E-state index in [2.05, 4.69) is 51.1 Å². The van der Waals surface area contributed by atoms with Crippen LogP contribution in [0.1, 0.15) is 195 Å². The van der Waals surface area contributed by atoms with Gasteiger partial charge in [0, 0.05) is 116 Å². The van der Waals surface area contributed by atoms with Gasteiger partial charge in [-0.1, -0.05) is 89.3 Å². The number of ether oxygens (including phenoxy) is 12. The van der Waals surface area contributed by atoms with Crippen molar-refractivity contribution in [2.24, 2.45) is 46.4 Å². The van der Waals surface area contributed by atoms with Crippen molar-refractivity contribution in [1.29, 1.82) is 0 Å². The van der Waals surface area contributed by atoms with Crippen molar-refractivity contribution in [1.82, 2.24) is 39.4 Å². The Morgan fingerprint density at radius 1 is 0.699 bits per heavy atom. The summed E-state index contributed by atoms with van der Waals surface area (Å²) in [6.07, 6.45) is 17.1. The first-order valence-electron chi connectivity index (χ1n) is 49.2. The van der Waals surface area contributed by atoms with E-state index < -0.39 is 84.1 Å². The van der Waals surface area contributed by atoms with Crippen molar-refractivity contribution < 1.29 is 110 Å². The second-order valence-corrected chi connectivity index (χ2v) is 37.5. The van der Waals surface area contributed by atoms with Gasteiger partial charge in [-0.25, -0.2) is 19.4 Å². The number of hydrogen-bond acceptors (Lipinski definition) is 31. The van der Waals surface area contributed by atoms with Gasteiger partial charge in [-0.2, -0.15) is 10.1 Å². The molecule has 1 aliphatic carbocycles. The van der Waals surface area contributed by atoms with Gasteiger partial charge in [0.25, 0.3) is 17.7 Å². The number of fused-ring (bicyclic) bond motifs is 6. The van der Waals surface area contributed by atoms with Crippen molar-refractivity contribution in [3.05, 3.63) is 107 Å². The minimum absolute atomic E-state index is 0.00565. The number of methoxy groups -OCH3 is 3. The number of cyclic esters (lactones) is 1. The third-order valence-electron chi connectivity index (χ3n) is 27.2. The number of hydrogen-bond donors (Lipinski definition) is 6. The average Bonchev–Trinajstić information content (AvgIpc) is 1.11. The van der Waals surface area contributed by atoms with Crippen LogP contribution >= 0.6 is 0 Å². The standard InChI is InChI=1S/C63H104N2O17.C39H49N9O6/c1-12-77-29-30-79-32-31-78-28-18-21-49(66)39-80-40-64-57-45(6)33-41(2)19-14-13-15-20-42(3)54(74-9)37-50-25-23-47(8)63(73,82-50)60(70)61(71)65-27-17-16-22-51(65)62(72)81-55(44(5)35-48-24-26-52(67)56(36-48)75-10)38-53(68)43(4)34-46(7)58(69)59(57)76-11;1-2-51-15-16-53-18-17-52-14-10-31(49)20-26-7-11-46(12-8-26)24-34(50)47-13-9-28-19-27(3-4-30(28)23-47)22-48-38-35(37(40)42-25-43-38)36(45-48)29-5-6-33-32(21-29)44-39(41)54-33/h13-15,19-20,34,41,43-45,47-48,50-56,58-59,67-69,73H,12,16-18,21-33,35-40H2,1-11H3;3-6,19,21,25-26H,2,7-18,20,22-24H2,1H3,(H2,41,44)(H2,40,42,43)/b15-13+,19-14+,42-20+,46-34+,64-57?;/t41-,43-,44-,45-,47-,48+,50+,51+,52-,53-,54+,55+,56-,58-,59+,63-;/m1./s1. The van der Waals surface area contributed by atoms with Crippen molar-refractivity contribution >= 4 is 74.8 Å².